The Kier molecular flexibility index (Phi) is 7.34. The van der Waals surface area contributed by atoms with Crippen LogP contribution < -0.4 is 10.1 Å². The molecule has 2 heterocycles. The summed E-state index contributed by atoms with van der Waals surface area (Å²) in [6.45, 7) is 3.91. The van der Waals surface area contributed by atoms with Gasteiger partial charge in [-0.05, 0) is 61.4 Å². The van der Waals surface area contributed by atoms with Gasteiger partial charge in [0.2, 0.25) is 5.91 Å². The number of hydrogen-bond acceptors (Lipinski definition) is 5. The fourth-order valence-corrected chi connectivity index (χ4v) is 3.89. The molecule has 2 aromatic carbocycles. The maximum absolute atomic E-state index is 13.0. The van der Waals surface area contributed by atoms with Gasteiger partial charge >= 0.3 is 0 Å². The molecule has 2 aromatic rings. The van der Waals surface area contributed by atoms with Crippen molar-refractivity contribution in [3.8, 4) is 5.75 Å². The van der Waals surface area contributed by atoms with Crippen LogP contribution in [0.1, 0.15) is 23.2 Å². The average molecular weight is 442 g/mol. The quantitative estimate of drug-likeness (QED) is 0.716. The van der Waals surface area contributed by atoms with Gasteiger partial charge < -0.3 is 19.7 Å². The highest BCUT2D eigenvalue weighted by Gasteiger charge is 2.23. The molecule has 2 fully saturated rings. The van der Waals surface area contributed by atoms with E-state index in [0.29, 0.717) is 44.0 Å². The molecule has 0 radical (unpaired) electrons. The van der Waals surface area contributed by atoms with E-state index in [2.05, 4.69) is 5.32 Å². The lowest BCUT2D eigenvalue weighted by atomic mass is 10.1. The number of benzene rings is 2. The first-order chi connectivity index (χ1) is 15.6. The van der Waals surface area contributed by atoms with Crippen molar-refractivity contribution >= 4 is 17.5 Å². The number of hydrogen-bond donors (Lipinski definition) is 1. The highest BCUT2D eigenvalue weighted by atomic mass is 19.1. The zero-order valence-corrected chi connectivity index (χ0v) is 18.0. The first-order valence-electron chi connectivity index (χ1n) is 11.0. The Morgan fingerprint density at radius 1 is 1.03 bits per heavy atom. The van der Waals surface area contributed by atoms with Crippen LogP contribution in [0, 0.1) is 5.82 Å². The number of halogens is 1. The van der Waals surface area contributed by atoms with E-state index in [0.717, 1.165) is 25.2 Å². The van der Waals surface area contributed by atoms with E-state index >= 15 is 0 Å². The largest absolute Gasteiger partial charge is 0.491 e. The predicted octanol–water partition coefficient (Wildman–Crippen LogP) is 2.78. The lowest BCUT2D eigenvalue weighted by molar-refractivity contribution is -0.117. The van der Waals surface area contributed by atoms with E-state index in [-0.39, 0.29) is 30.3 Å². The van der Waals surface area contributed by atoms with E-state index in [1.807, 2.05) is 17.0 Å². The van der Waals surface area contributed by atoms with Crippen molar-refractivity contribution in [2.24, 2.45) is 0 Å². The van der Waals surface area contributed by atoms with Gasteiger partial charge in [-0.1, -0.05) is 0 Å². The van der Waals surface area contributed by atoms with Crippen LogP contribution in [-0.2, 0) is 9.53 Å². The number of anilines is 1. The summed E-state index contributed by atoms with van der Waals surface area (Å²) in [5.74, 6) is 0.208. The number of amides is 2. The van der Waals surface area contributed by atoms with Gasteiger partial charge in [0, 0.05) is 44.0 Å². The molecule has 2 aliphatic heterocycles. The predicted molar refractivity (Wildman–Crippen MR) is 118 cm³/mol. The van der Waals surface area contributed by atoms with Gasteiger partial charge in [-0.2, -0.15) is 0 Å². The van der Waals surface area contributed by atoms with E-state index in [4.69, 9.17) is 9.47 Å². The SMILES string of the molecule is O=C(CN1CCN(C(=O)c2ccc(OC[C@H]3CCCO3)cc2)CC1)Nc1ccc(F)cc1. The van der Waals surface area contributed by atoms with Gasteiger partial charge in [-0.15, -0.1) is 0 Å². The number of carbonyl (C=O) groups is 2. The van der Waals surface area contributed by atoms with Gasteiger partial charge in [0.25, 0.3) is 5.91 Å². The highest BCUT2D eigenvalue weighted by Crippen LogP contribution is 2.18. The molecule has 2 aliphatic rings. The molecule has 7 nitrogen and oxygen atoms in total. The maximum Gasteiger partial charge on any atom is 0.253 e. The number of ether oxygens (including phenoxy) is 2. The summed E-state index contributed by atoms with van der Waals surface area (Å²) in [6, 6.07) is 12.9. The smallest absolute Gasteiger partial charge is 0.253 e. The van der Waals surface area contributed by atoms with Crippen LogP contribution in [0.15, 0.2) is 48.5 Å². The summed E-state index contributed by atoms with van der Waals surface area (Å²) in [6.07, 6.45) is 2.26. The van der Waals surface area contributed by atoms with Crippen molar-refractivity contribution < 1.29 is 23.5 Å². The van der Waals surface area contributed by atoms with Crippen LogP contribution in [0.5, 0.6) is 5.75 Å². The molecule has 0 aromatic heterocycles. The summed E-state index contributed by atoms with van der Waals surface area (Å²) >= 11 is 0. The molecule has 0 unspecified atom stereocenters. The molecular formula is C24H28FN3O4. The molecule has 4 rings (SSSR count). The van der Waals surface area contributed by atoms with Gasteiger partial charge in [0.1, 0.15) is 18.2 Å². The third-order valence-corrected chi connectivity index (χ3v) is 5.72. The zero-order valence-electron chi connectivity index (χ0n) is 18.0. The minimum atomic E-state index is -0.343. The summed E-state index contributed by atoms with van der Waals surface area (Å²) in [7, 11) is 0. The van der Waals surface area contributed by atoms with Crippen molar-refractivity contribution in [1.29, 1.82) is 0 Å². The van der Waals surface area contributed by atoms with Crippen LogP contribution in [0.4, 0.5) is 10.1 Å². The Morgan fingerprint density at radius 2 is 1.75 bits per heavy atom. The molecule has 8 heteroatoms. The Labute approximate surface area is 187 Å². The standard InChI is InChI=1S/C24H28FN3O4/c25-19-5-7-20(8-6-19)26-23(29)16-27-11-13-28(14-12-27)24(30)18-3-9-21(10-4-18)32-17-22-2-1-15-31-22/h3-10,22H,1-2,11-17H2,(H,26,29)/t22-/m1/s1. The molecule has 0 bridgehead atoms. The summed E-state index contributed by atoms with van der Waals surface area (Å²) in [5, 5.41) is 2.76. The fourth-order valence-electron chi connectivity index (χ4n) is 3.89. The second-order valence-electron chi connectivity index (χ2n) is 8.09. The van der Waals surface area contributed by atoms with Crippen molar-refractivity contribution in [2.45, 2.75) is 18.9 Å². The second-order valence-corrected chi connectivity index (χ2v) is 8.09. The lowest BCUT2D eigenvalue weighted by Gasteiger charge is -2.34. The van der Waals surface area contributed by atoms with E-state index < -0.39 is 0 Å². The Hall–Kier alpha value is -2.97. The maximum atomic E-state index is 13.0. The van der Waals surface area contributed by atoms with Crippen LogP contribution in [0.25, 0.3) is 0 Å². The summed E-state index contributed by atoms with van der Waals surface area (Å²) < 4.78 is 24.3. The van der Waals surface area contributed by atoms with Crippen LogP contribution in [0.2, 0.25) is 0 Å². The van der Waals surface area contributed by atoms with Gasteiger partial charge in [0.15, 0.2) is 0 Å². The number of rotatable bonds is 7. The summed E-state index contributed by atoms with van der Waals surface area (Å²) in [4.78, 5) is 28.8. The minimum Gasteiger partial charge on any atom is -0.491 e. The Balaban J connectivity index is 1.20. The third kappa shape index (κ3) is 6.05. The molecule has 170 valence electrons. The number of nitrogens with one attached hydrogen (secondary N) is 1. The first kappa shape index (κ1) is 22.2. The third-order valence-electron chi connectivity index (χ3n) is 5.72. The molecule has 2 saturated heterocycles. The molecule has 0 spiro atoms. The van der Waals surface area contributed by atoms with Crippen LogP contribution in [-0.4, -0.2) is 73.7 Å². The number of piperazine rings is 1. The van der Waals surface area contributed by atoms with Crippen molar-refractivity contribution in [3.63, 3.8) is 0 Å². The molecule has 0 aliphatic carbocycles. The second kappa shape index (κ2) is 10.6. The van der Waals surface area contributed by atoms with E-state index in [9.17, 15) is 14.0 Å². The van der Waals surface area contributed by atoms with E-state index in [1.165, 1.54) is 24.3 Å². The van der Waals surface area contributed by atoms with Crippen molar-refractivity contribution in [1.82, 2.24) is 9.80 Å². The monoisotopic (exact) mass is 441 g/mol. The number of nitrogens with zero attached hydrogens (tertiary/aromatic N) is 2. The van der Waals surface area contributed by atoms with Gasteiger partial charge in [-0.25, -0.2) is 4.39 Å². The minimum absolute atomic E-state index is 0.0221. The van der Waals surface area contributed by atoms with Crippen LogP contribution >= 0.6 is 0 Å². The van der Waals surface area contributed by atoms with E-state index in [1.54, 1.807) is 17.0 Å². The van der Waals surface area contributed by atoms with Gasteiger partial charge in [-0.3, -0.25) is 14.5 Å². The number of carbonyl (C=O) groups excluding carboxylic acids is 2. The van der Waals surface area contributed by atoms with Crippen LogP contribution in [0.3, 0.4) is 0 Å². The first-order valence-corrected chi connectivity index (χ1v) is 11.0. The highest BCUT2D eigenvalue weighted by molar-refractivity contribution is 5.94. The molecule has 0 saturated carbocycles. The molecule has 1 N–H and O–H groups in total. The normalized spacial score (nSPS) is 19.0. The molecular weight excluding hydrogens is 413 g/mol. The van der Waals surface area contributed by atoms with Crippen molar-refractivity contribution in [2.75, 3.05) is 51.3 Å². The topological polar surface area (TPSA) is 71.1 Å². The fraction of sp³-hybridized carbons (Fsp3) is 0.417. The zero-order chi connectivity index (χ0) is 22.3. The Bertz CT molecular complexity index is 906. The summed E-state index contributed by atoms with van der Waals surface area (Å²) in [5.41, 5.74) is 1.19. The molecule has 2 amide bonds. The van der Waals surface area contributed by atoms with Crippen molar-refractivity contribution in [3.05, 3.63) is 59.9 Å². The Morgan fingerprint density at radius 3 is 2.41 bits per heavy atom. The molecule has 32 heavy (non-hydrogen) atoms. The lowest BCUT2D eigenvalue weighted by Crippen LogP contribution is -2.50. The average Bonchev–Trinajstić information content (AvgIpc) is 3.33. The molecule has 1 atom stereocenters. The van der Waals surface area contributed by atoms with Gasteiger partial charge in [0.05, 0.1) is 12.6 Å².